The molecular formula is C19H26O2. The van der Waals surface area contributed by atoms with Gasteiger partial charge in [0.15, 0.2) is 0 Å². The molecule has 2 heteroatoms. The van der Waals surface area contributed by atoms with Gasteiger partial charge in [0, 0.05) is 5.56 Å². The minimum atomic E-state index is -0.0537. The minimum Gasteiger partial charge on any atom is -0.508 e. The molecule has 2 N–H and O–H groups in total. The minimum absolute atomic E-state index is 0.0537. The lowest BCUT2D eigenvalue weighted by molar-refractivity contribution is -0.110. The van der Waals surface area contributed by atoms with Gasteiger partial charge in [-0.15, -0.1) is 0 Å². The zero-order chi connectivity index (χ0) is 14.9. The Kier molecular flexibility index (Phi) is 2.62. The van der Waals surface area contributed by atoms with Gasteiger partial charge in [0.05, 0.1) is 6.61 Å². The molecule has 0 radical (unpaired) electrons. The average Bonchev–Trinajstić information content (AvgIpc) is 2.34. The topological polar surface area (TPSA) is 40.5 Å². The van der Waals surface area contributed by atoms with Gasteiger partial charge in [-0.1, -0.05) is 26.0 Å². The van der Waals surface area contributed by atoms with E-state index in [2.05, 4.69) is 19.9 Å². The Bertz CT molecular complexity index is 573. The Morgan fingerprint density at radius 2 is 1.71 bits per heavy atom. The van der Waals surface area contributed by atoms with Crippen LogP contribution >= 0.6 is 0 Å². The number of aromatic hydroxyl groups is 1. The fraction of sp³-hybridized carbons (Fsp3) is 0.684. The van der Waals surface area contributed by atoms with Crippen LogP contribution in [0.15, 0.2) is 18.2 Å². The fourth-order valence-corrected chi connectivity index (χ4v) is 6.99. The predicted octanol–water partition coefficient (Wildman–Crippen LogP) is 4.13. The standard InChI is InChI=1S/C19H26O2/c1-17-6-13-7-18(2,10-17)12-19(8-13,11-17)15-4-3-5-16(21)14(15)9-20/h3-5,13,20-21H,6-12H2,1-2H3. The molecular weight excluding hydrogens is 260 g/mol. The zero-order valence-corrected chi connectivity index (χ0v) is 13.2. The number of hydrogen-bond acceptors (Lipinski definition) is 2. The summed E-state index contributed by atoms with van der Waals surface area (Å²) in [7, 11) is 0. The maximum Gasteiger partial charge on any atom is 0.121 e. The second-order valence-electron chi connectivity index (χ2n) is 8.87. The highest BCUT2D eigenvalue weighted by atomic mass is 16.3. The molecule has 4 bridgehead atoms. The van der Waals surface area contributed by atoms with E-state index in [1.54, 1.807) is 6.07 Å². The highest BCUT2D eigenvalue weighted by Crippen LogP contribution is 2.70. The van der Waals surface area contributed by atoms with Gasteiger partial charge in [-0.2, -0.15) is 0 Å². The molecule has 4 saturated carbocycles. The number of aliphatic hydroxyl groups is 1. The van der Waals surface area contributed by atoms with Crippen molar-refractivity contribution in [1.29, 1.82) is 0 Å². The summed E-state index contributed by atoms with van der Waals surface area (Å²) in [4.78, 5) is 0. The largest absolute Gasteiger partial charge is 0.508 e. The molecule has 114 valence electrons. The monoisotopic (exact) mass is 286 g/mol. The molecule has 21 heavy (non-hydrogen) atoms. The lowest BCUT2D eigenvalue weighted by atomic mass is 9.39. The third kappa shape index (κ3) is 1.88. The van der Waals surface area contributed by atoms with Crippen LogP contribution in [0, 0.1) is 16.7 Å². The number of phenols is 1. The van der Waals surface area contributed by atoms with Crippen molar-refractivity contribution in [3.63, 3.8) is 0 Å². The molecule has 1 aromatic carbocycles. The molecule has 2 unspecified atom stereocenters. The quantitative estimate of drug-likeness (QED) is 0.858. The van der Waals surface area contributed by atoms with Crippen molar-refractivity contribution in [2.45, 2.75) is 64.4 Å². The van der Waals surface area contributed by atoms with E-state index >= 15 is 0 Å². The summed E-state index contributed by atoms with van der Waals surface area (Å²) in [5.41, 5.74) is 3.08. The second-order valence-corrected chi connectivity index (χ2v) is 8.87. The van der Waals surface area contributed by atoms with Gasteiger partial charge >= 0.3 is 0 Å². The molecule has 4 aliphatic rings. The molecule has 5 rings (SSSR count). The van der Waals surface area contributed by atoms with E-state index in [1.165, 1.54) is 44.1 Å². The molecule has 1 aromatic rings. The highest BCUT2D eigenvalue weighted by Gasteiger charge is 2.60. The van der Waals surface area contributed by atoms with Crippen LogP contribution in [-0.4, -0.2) is 10.2 Å². The number of rotatable bonds is 2. The van der Waals surface area contributed by atoms with Crippen LogP contribution in [0.25, 0.3) is 0 Å². The van der Waals surface area contributed by atoms with Gasteiger partial charge in [-0.25, -0.2) is 0 Å². The van der Waals surface area contributed by atoms with Crippen LogP contribution in [0.3, 0.4) is 0 Å². The second kappa shape index (κ2) is 4.04. The van der Waals surface area contributed by atoms with E-state index in [-0.39, 0.29) is 17.8 Å². The van der Waals surface area contributed by atoms with Crippen LogP contribution in [0.5, 0.6) is 5.75 Å². The van der Waals surface area contributed by atoms with E-state index in [4.69, 9.17) is 0 Å². The lowest BCUT2D eigenvalue weighted by Gasteiger charge is -2.66. The SMILES string of the molecule is CC12CC3CC(C)(C1)CC(c1cccc(O)c1CO)(C3)C2. The summed E-state index contributed by atoms with van der Waals surface area (Å²) in [6, 6.07) is 5.82. The Labute approximate surface area is 127 Å². The van der Waals surface area contributed by atoms with Gasteiger partial charge in [-0.05, 0) is 72.3 Å². The summed E-state index contributed by atoms with van der Waals surface area (Å²) in [6.45, 7) is 4.87. The smallest absolute Gasteiger partial charge is 0.121 e. The third-order valence-corrected chi connectivity index (χ3v) is 6.51. The maximum atomic E-state index is 10.2. The summed E-state index contributed by atoms with van der Waals surface area (Å²) in [5.74, 6) is 1.09. The van der Waals surface area contributed by atoms with Crippen molar-refractivity contribution in [3.05, 3.63) is 29.3 Å². The average molecular weight is 286 g/mol. The van der Waals surface area contributed by atoms with Crippen molar-refractivity contribution in [1.82, 2.24) is 0 Å². The fourth-order valence-electron chi connectivity index (χ4n) is 6.99. The lowest BCUT2D eigenvalue weighted by Crippen LogP contribution is -2.57. The van der Waals surface area contributed by atoms with Gasteiger partial charge < -0.3 is 10.2 Å². The molecule has 0 aliphatic heterocycles. The number of aliphatic hydroxyl groups excluding tert-OH is 1. The van der Waals surface area contributed by atoms with E-state index in [9.17, 15) is 10.2 Å². The first-order valence-electron chi connectivity index (χ1n) is 8.29. The molecule has 2 nitrogen and oxygen atoms in total. The molecule has 4 fully saturated rings. The molecule has 0 amide bonds. The third-order valence-electron chi connectivity index (χ3n) is 6.51. The van der Waals surface area contributed by atoms with Crippen molar-refractivity contribution in [3.8, 4) is 5.75 Å². The van der Waals surface area contributed by atoms with Gasteiger partial charge in [0.2, 0.25) is 0 Å². The van der Waals surface area contributed by atoms with E-state index < -0.39 is 0 Å². The molecule has 2 atom stereocenters. The van der Waals surface area contributed by atoms with Crippen molar-refractivity contribution in [2.75, 3.05) is 0 Å². The molecule has 0 heterocycles. The van der Waals surface area contributed by atoms with Gasteiger partial charge in [0.1, 0.15) is 5.75 Å². The predicted molar refractivity (Wildman–Crippen MR) is 83.1 cm³/mol. The molecule has 0 spiro atoms. The Balaban J connectivity index is 1.87. The van der Waals surface area contributed by atoms with Crippen LogP contribution in [0.2, 0.25) is 0 Å². The van der Waals surface area contributed by atoms with E-state index in [1.807, 2.05) is 6.07 Å². The molecule has 4 aliphatic carbocycles. The normalized spacial score (nSPS) is 44.2. The van der Waals surface area contributed by atoms with Crippen molar-refractivity contribution in [2.24, 2.45) is 16.7 Å². The summed E-state index contributed by atoms with van der Waals surface area (Å²) >= 11 is 0. The van der Waals surface area contributed by atoms with Crippen molar-refractivity contribution < 1.29 is 10.2 Å². The Hall–Kier alpha value is -1.02. The van der Waals surface area contributed by atoms with E-state index in [0.717, 1.165) is 11.5 Å². The first-order chi connectivity index (χ1) is 9.87. The van der Waals surface area contributed by atoms with Gasteiger partial charge in [-0.3, -0.25) is 0 Å². The van der Waals surface area contributed by atoms with Crippen LogP contribution in [0.1, 0.15) is 63.5 Å². The Morgan fingerprint density at radius 3 is 2.29 bits per heavy atom. The first-order valence-corrected chi connectivity index (χ1v) is 8.29. The maximum absolute atomic E-state index is 10.2. The summed E-state index contributed by atoms with van der Waals surface area (Å²) < 4.78 is 0. The van der Waals surface area contributed by atoms with E-state index in [0.29, 0.717) is 10.8 Å². The van der Waals surface area contributed by atoms with Crippen LogP contribution < -0.4 is 0 Å². The summed E-state index contributed by atoms with van der Waals surface area (Å²) in [5, 5.41) is 19.9. The molecule has 0 aromatic heterocycles. The highest BCUT2D eigenvalue weighted by molar-refractivity contribution is 5.45. The Morgan fingerprint density at radius 1 is 1.05 bits per heavy atom. The number of hydrogen-bond donors (Lipinski definition) is 2. The van der Waals surface area contributed by atoms with Crippen LogP contribution in [0.4, 0.5) is 0 Å². The van der Waals surface area contributed by atoms with Gasteiger partial charge in [0.25, 0.3) is 0 Å². The van der Waals surface area contributed by atoms with Crippen LogP contribution in [-0.2, 0) is 12.0 Å². The first kappa shape index (κ1) is 13.6. The summed E-state index contributed by atoms with van der Waals surface area (Å²) in [6.07, 6.45) is 7.79. The number of benzene rings is 1. The molecule has 0 saturated heterocycles. The zero-order valence-electron chi connectivity index (χ0n) is 13.2. The van der Waals surface area contributed by atoms with Crippen molar-refractivity contribution >= 4 is 0 Å².